The number of piperazine rings is 1. The average Bonchev–Trinajstić information content (AvgIpc) is 2.76. The lowest BCUT2D eigenvalue weighted by atomic mass is 10.1. The fraction of sp³-hybridized carbons (Fsp3) is 0.600. The summed E-state index contributed by atoms with van der Waals surface area (Å²) in [5.74, 6) is -0.0497. The monoisotopic (exact) mass is 493 g/mol. The van der Waals surface area contributed by atoms with Crippen LogP contribution in [0, 0.1) is 0 Å². The zero-order valence-corrected chi connectivity index (χ0v) is 20.7. The number of amides is 1. The van der Waals surface area contributed by atoms with Crippen molar-refractivity contribution in [2.24, 2.45) is 0 Å². The van der Waals surface area contributed by atoms with Crippen molar-refractivity contribution in [3.63, 3.8) is 0 Å². The van der Waals surface area contributed by atoms with E-state index in [1.165, 1.54) is 12.5 Å². The highest BCUT2D eigenvalue weighted by atomic mass is 79.9. The number of ether oxygens (including phenoxy) is 1. The van der Waals surface area contributed by atoms with Gasteiger partial charge in [0.1, 0.15) is 6.54 Å². The second-order valence-corrected chi connectivity index (χ2v) is 9.43. The smallest absolute Gasteiger partial charge is 0.302 e. The molecule has 1 amide bonds. The van der Waals surface area contributed by atoms with E-state index < -0.39 is 0 Å². The van der Waals surface area contributed by atoms with E-state index in [0.29, 0.717) is 6.61 Å². The Labute approximate surface area is 196 Å². The number of benzene rings is 1. The second kappa shape index (κ2) is 13.7. The van der Waals surface area contributed by atoms with Gasteiger partial charge in [0.2, 0.25) is 5.91 Å². The third-order valence-electron chi connectivity index (χ3n) is 6.18. The third kappa shape index (κ3) is 9.56. The van der Waals surface area contributed by atoms with Gasteiger partial charge in [0.05, 0.1) is 39.3 Å². The number of carbonyl (C=O) groups excluding carboxylic acids is 2. The molecule has 0 aromatic heterocycles. The standard InChI is InChI=1S/C25H38BrN2O3/c1-3-28(21-23-12-14-24(26)15-13-23)18-16-27(17-19-28)25(30)11-9-7-5-4-6-8-10-20-31-22(2)29/h9,11-15H,3-8,10,16-21H2,1-2H3/q+1/b11-9+. The van der Waals surface area contributed by atoms with Crippen LogP contribution in [0.3, 0.4) is 0 Å². The predicted octanol–water partition coefficient (Wildman–Crippen LogP) is 5.09. The van der Waals surface area contributed by atoms with E-state index in [2.05, 4.69) is 47.1 Å². The van der Waals surface area contributed by atoms with Gasteiger partial charge in [-0.2, -0.15) is 0 Å². The fourth-order valence-corrected chi connectivity index (χ4v) is 4.34. The number of hydrogen-bond donors (Lipinski definition) is 0. The molecule has 0 aliphatic carbocycles. The molecule has 6 heteroatoms. The Hall–Kier alpha value is -1.66. The van der Waals surface area contributed by atoms with Crippen LogP contribution in [0.1, 0.15) is 57.9 Å². The van der Waals surface area contributed by atoms with Gasteiger partial charge in [0, 0.05) is 17.0 Å². The molecule has 1 aromatic carbocycles. The SMILES string of the molecule is CC[N+]1(Cc2ccc(Br)cc2)CCN(C(=O)/C=C/CCCCCCCOC(C)=O)CC1. The molecule has 0 saturated carbocycles. The molecule has 0 radical (unpaired) electrons. The minimum atomic E-state index is -0.201. The van der Waals surface area contributed by atoms with E-state index in [-0.39, 0.29) is 11.9 Å². The number of likely N-dealkylation sites (N-methyl/N-ethyl adjacent to an activating group) is 1. The van der Waals surface area contributed by atoms with Crippen molar-refractivity contribution in [1.29, 1.82) is 0 Å². The Morgan fingerprint density at radius 3 is 2.35 bits per heavy atom. The summed E-state index contributed by atoms with van der Waals surface area (Å²) >= 11 is 3.51. The zero-order valence-electron chi connectivity index (χ0n) is 19.2. The molecular weight excluding hydrogens is 456 g/mol. The molecule has 1 aromatic rings. The number of hydrogen-bond acceptors (Lipinski definition) is 3. The summed E-state index contributed by atoms with van der Waals surface area (Å²) in [6.45, 7) is 10.0. The topological polar surface area (TPSA) is 46.6 Å². The van der Waals surface area contributed by atoms with Crippen molar-refractivity contribution >= 4 is 27.8 Å². The van der Waals surface area contributed by atoms with E-state index in [4.69, 9.17) is 4.74 Å². The van der Waals surface area contributed by atoms with Gasteiger partial charge in [-0.15, -0.1) is 0 Å². The average molecular weight is 494 g/mol. The summed E-state index contributed by atoms with van der Waals surface area (Å²) in [7, 11) is 0. The lowest BCUT2D eigenvalue weighted by molar-refractivity contribution is -0.942. The summed E-state index contributed by atoms with van der Waals surface area (Å²) in [4.78, 5) is 25.2. The Morgan fingerprint density at radius 1 is 1.06 bits per heavy atom. The van der Waals surface area contributed by atoms with Gasteiger partial charge >= 0.3 is 5.97 Å². The number of esters is 1. The quantitative estimate of drug-likeness (QED) is 0.176. The van der Waals surface area contributed by atoms with Gasteiger partial charge in [-0.25, -0.2) is 0 Å². The van der Waals surface area contributed by atoms with Gasteiger partial charge in [-0.3, -0.25) is 9.59 Å². The maximum atomic E-state index is 12.5. The molecule has 0 N–H and O–H groups in total. The first-order valence-corrected chi connectivity index (χ1v) is 12.4. The van der Waals surface area contributed by atoms with Crippen LogP contribution in [-0.4, -0.2) is 60.6 Å². The summed E-state index contributed by atoms with van der Waals surface area (Å²) in [6, 6.07) is 8.60. The van der Waals surface area contributed by atoms with Crippen LogP contribution >= 0.6 is 15.9 Å². The predicted molar refractivity (Wildman–Crippen MR) is 128 cm³/mol. The minimum Gasteiger partial charge on any atom is -0.466 e. The van der Waals surface area contributed by atoms with Crippen molar-refractivity contribution in [3.8, 4) is 0 Å². The van der Waals surface area contributed by atoms with Gasteiger partial charge in [-0.05, 0) is 44.4 Å². The number of nitrogens with zero attached hydrogens (tertiary/aromatic N) is 2. The van der Waals surface area contributed by atoms with Crippen molar-refractivity contribution in [1.82, 2.24) is 4.90 Å². The van der Waals surface area contributed by atoms with Crippen LogP contribution < -0.4 is 0 Å². The fourth-order valence-electron chi connectivity index (χ4n) is 4.07. The summed E-state index contributed by atoms with van der Waals surface area (Å²) < 4.78 is 7.09. The van der Waals surface area contributed by atoms with E-state index in [9.17, 15) is 9.59 Å². The van der Waals surface area contributed by atoms with Crippen LogP contribution in [-0.2, 0) is 20.9 Å². The normalized spacial score (nSPS) is 15.9. The van der Waals surface area contributed by atoms with Gasteiger partial charge in [0.15, 0.2) is 0 Å². The number of halogens is 1. The highest BCUT2D eigenvalue weighted by molar-refractivity contribution is 9.10. The van der Waals surface area contributed by atoms with Crippen LogP contribution in [0.15, 0.2) is 40.9 Å². The number of allylic oxidation sites excluding steroid dienone is 1. The molecule has 0 unspecified atom stereocenters. The lowest BCUT2D eigenvalue weighted by Gasteiger charge is -2.44. The molecular formula is C25H38BrN2O3+. The highest BCUT2D eigenvalue weighted by Crippen LogP contribution is 2.20. The largest absolute Gasteiger partial charge is 0.466 e. The minimum absolute atomic E-state index is 0.152. The number of unbranched alkanes of at least 4 members (excludes halogenated alkanes) is 5. The van der Waals surface area contributed by atoms with Crippen molar-refractivity contribution < 1.29 is 18.8 Å². The molecule has 1 fully saturated rings. The van der Waals surface area contributed by atoms with Crippen LogP contribution in [0.25, 0.3) is 0 Å². The maximum Gasteiger partial charge on any atom is 0.302 e. The van der Waals surface area contributed by atoms with E-state index >= 15 is 0 Å². The van der Waals surface area contributed by atoms with Gasteiger partial charge in [-0.1, -0.05) is 53.4 Å². The molecule has 5 nitrogen and oxygen atoms in total. The molecule has 2 rings (SSSR count). The molecule has 1 saturated heterocycles. The second-order valence-electron chi connectivity index (χ2n) is 8.51. The Kier molecular flexibility index (Phi) is 11.3. The van der Waals surface area contributed by atoms with Crippen LogP contribution in [0.5, 0.6) is 0 Å². The first-order chi connectivity index (χ1) is 14.9. The van der Waals surface area contributed by atoms with Gasteiger partial charge < -0.3 is 14.1 Å². The molecule has 1 aliphatic heterocycles. The van der Waals surface area contributed by atoms with E-state index in [1.54, 1.807) is 6.08 Å². The molecule has 172 valence electrons. The Bertz CT molecular complexity index is 710. The van der Waals surface area contributed by atoms with Crippen LogP contribution in [0.2, 0.25) is 0 Å². The van der Waals surface area contributed by atoms with Crippen molar-refractivity contribution in [2.45, 2.75) is 58.9 Å². The lowest BCUT2D eigenvalue weighted by Crippen LogP contribution is -2.59. The number of carbonyl (C=O) groups is 2. The molecule has 1 aliphatic rings. The molecule has 31 heavy (non-hydrogen) atoms. The number of rotatable bonds is 12. The molecule has 0 spiro atoms. The molecule has 0 bridgehead atoms. The molecule has 1 heterocycles. The molecule has 0 atom stereocenters. The number of quaternary nitrogens is 1. The first-order valence-electron chi connectivity index (χ1n) is 11.6. The van der Waals surface area contributed by atoms with Crippen LogP contribution in [0.4, 0.5) is 0 Å². The Morgan fingerprint density at radius 2 is 1.71 bits per heavy atom. The van der Waals surface area contributed by atoms with Crippen molar-refractivity contribution in [2.75, 3.05) is 39.3 Å². The highest BCUT2D eigenvalue weighted by Gasteiger charge is 2.32. The summed E-state index contributed by atoms with van der Waals surface area (Å²) in [5.41, 5.74) is 1.36. The zero-order chi connectivity index (χ0) is 22.5. The van der Waals surface area contributed by atoms with E-state index in [1.807, 2.05) is 11.0 Å². The first kappa shape index (κ1) is 25.6. The third-order valence-corrected chi connectivity index (χ3v) is 6.71. The van der Waals surface area contributed by atoms with E-state index in [0.717, 1.165) is 86.7 Å². The summed E-state index contributed by atoms with van der Waals surface area (Å²) in [6.07, 6.45) is 10.1. The van der Waals surface area contributed by atoms with Crippen molar-refractivity contribution in [3.05, 3.63) is 46.5 Å². The summed E-state index contributed by atoms with van der Waals surface area (Å²) in [5, 5.41) is 0. The Balaban J connectivity index is 1.63. The van der Waals surface area contributed by atoms with Gasteiger partial charge in [0.25, 0.3) is 0 Å². The maximum absolute atomic E-state index is 12.5.